The van der Waals surface area contributed by atoms with Gasteiger partial charge in [0.2, 0.25) is 0 Å². The third-order valence-electron chi connectivity index (χ3n) is 4.87. The van der Waals surface area contributed by atoms with Crippen LogP contribution in [0.5, 0.6) is 0 Å². The highest BCUT2D eigenvalue weighted by molar-refractivity contribution is 5.61. The van der Waals surface area contributed by atoms with Crippen LogP contribution in [-0.2, 0) is 0 Å². The summed E-state index contributed by atoms with van der Waals surface area (Å²) in [5.74, 6) is 1.92. The van der Waals surface area contributed by atoms with Crippen molar-refractivity contribution in [3.63, 3.8) is 0 Å². The minimum atomic E-state index is 0.890. The van der Waals surface area contributed by atoms with Crippen molar-refractivity contribution in [2.45, 2.75) is 39.0 Å². The van der Waals surface area contributed by atoms with Gasteiger partial charge in [-0.25, -0.2) is 0 Å². The molecule has 1 saturated carbocycles. The van der Waals surface area contributed by atoms with Gasteiger partial charge in [-0.15, -0.1) is 0 Å². The highest BCUT2D eigenvalue weighted by Gasteiger charge is 2.31. The molecule has 1 aromatic carbocycles. The predicted molar refractivity (Wildman–Crippen MR) is 77.9 cm³/mol. The Labute approximate surface area is 110 Å². The summed E-state index contributed by atoms with van der Waals surface area (Å²) in [6.45, 7) is 4.65. The van der Waals surface area contributed by atoms with Gasteiger partial charge in [-0.05, 0) is 49.3 Å². The Hall–Kier alpha value is -1.18. The van der Waals surface area contributed by atoms with Crippen LogP contribution in [0.4, 0.5) is 11.4 Å². The minimum Gasteiger partial charge on any atom is -0.399 e. The van der Waals surface area contributed by atoms with Gasteiger partial charge in [0.05, 0.1) is 0 Å². The molecule has 0 bridgehead atoms. The molecule has 1 heterocycles. The maximum absolute atomic E-state index is 5.94. The lowest BCUT2D eigenvalue weighted by Gasteiger charge is -2.42. The quantitative estimate of drug-likeness (QED) is 0.765. The van der Waals surface area contributed by atoms with Crippen LogP contribution in [0.2, 0.25) is 0 Å². The minimum absolute atomic E-state index is 0.890. The van der Waals surface area contributed by atoms with Crippen molar-refractivity contribution < 1.29 is 0 Å². The number of anilines is 2. The average Bonchev–Trinajstić information content (AvgIpc) is 2.41. The van der Waals surface area contributed by atoms with E-state index in [0.29, 0.717) is 0 Å². The molecule has 1 saturated heterocycles. The van der Waals surface area contributed by atoms with E-state index in [1.807, 2.05) is 6.07 Å². The summed E-state index contributed by atoms with van der Waals surface area (Å²) in [4.78, 5) is 2.57. The molecule has 3 rings (SSSR count). The van der Waals surface area contributed by atoms with Gasteiger partial charge in [-0.1, -0.05) is 25.3 Å². The van der Waals surface area contributed by atoms with Gasteiger partial charge >= 0.3 is 0 Å². The molecule has 2 unspecified atom stereocenters. The highest BCUT2D eigenvalue weighted by Crippen LogP contribution is 2.38. The number of nitrogens with zero attached hydrogens (tertiary/aromatic N) is 1. The van der Waals surface area contributed by atoms with Gasteiger partial charge in [0, 0.05) is 24.5 Å². The third-order valence-corrected chi connectivity index (χ3v) is 4.87. The molecule has 2 aliphatic rings. The molecule has 1 aromatic rings. The molecule has 0 amide bonds. The number of nitrogens with two attached hydrogens (primary N) is 1. The van der Waals surface area contributed by atoms with E-state index in [1.165, 1.54) is 56.4 Å². The SMILES string of the molecule is Cc1ccc(N)cc1N1CCC2CCCCC2C1. The molecule has 1 aliphatic heterocycles. The predicted octanol–water partition coefficient (Wildman–Crippen LogP) is 3.59. The zero-order chi connectivity index (χ0) is 12.5. The first-order chi connectivity index (χ1) is 8.74. The second-order valence-corrected chi connectivity index (χ2v) is 6.09. The van der Waals surface area contributed by atoms with Crippen LogP contribution >= 0.6 is 0 Å². The number of fused-ring (bicyclic) bond motifs is 1. The van der Waals surface area contributed by atoms with Gasteiger partial charge in [0.1, 0.15) is 0 Å². The Morgan fingerprint density at radius 3 is 2.72 bits per heavy atom. The van der Waals surface area contributed by atoms with Crippen molar-refractivity contribution in [2.75, 3.05) is 23.7 Å². The number of hydrogen-bond donors (Lipinski definition) is 1. The molecule has 0 radical (unpaired) electrons. The number of aryl methyl sites for hydroxylation is 1. The zero-order valence-electron chi connectivity index (χ0n) is 11.4. The topological polar surface area (TPSA) is 29.3 Å². The van der Waals surface area contributed by atoms with Gasteiger partial charge < -0.3 is 10.6 Å². The molecule has 2 fully saturated rings. The molecule has 2 atom stereocenters. The Kier molecular flexibility index (Phi) is 3.19. The van der Waals surface area contributed by atoms with Crippen LogP contribution in [0.15, 0.2) is 18.2 Å². The highest BCUT2D eigenvalue weighted by atomic mass is 15.1. The van der Waals surface area contributed by atoms with Crippen molar-refractivity contribution in [1.82, 2.24) is 0 Å². The van der Waals surface area contributed by atoms with Crippen molar-refractivity contribution in [3.8, 4) is 0 Å². The summed E-state index contributed by atoms with van der Waals surface area (Å²) in [6.07, 6.45) is 7.17. The molecule has 2 N–H and O–H groups in total. The summed E-state index contributed by atoms with van der Waals surface area (Å²) in [7, 11) is 0. The largest absolute Gasteiger partial charge is 0.399 e. The molecule has 2 heteroatoms. The molecule has 98 valence electrons. The standard InChI is InChI=1S/C16H24N2/c1-12-6-7-15(17)10-16(12)18-9-8-13-4-2-3-5-14(13)11-18/h6-7,10,13-14H,2-5,8-9,11,17H2,1H3. The maximum Gasteiger partial charge on any atom is 0.0416 e. The first-order valence-electron chi connectivity index (χ1n) is 7.35. The molecule has 2 nitrogen and oxygen atoms in total. The van der Waals surface area contributed by atoms with E-state index < -0.39 is 0 Å². The van der Waals surface area contributed by atoms with Gasteiger partial charge in [0.25, 0.3) is 0 Å². The van der Waals surface area contributed by atoms with Crippen LogP contribution in [-0.4, -0.2) is 13.1 Å². The van der Waals surface area contributed by atoms with E-state index in [1.54, 1.807) is 0 Å². The summed E-state index contributed by atoms with van der Waals surface area (Å²) < 4.78 is 0. The van der Waals surface area contributed by atoms with Gasteiger partial charge in [-0.2, -0.15) is 0 Å². The Balaban J connectivity index is 1.79. The smallest absolute Gasteiger partial charge is 0.0416 e. The fourth-order valence-corrected chi connectivity index (χ4v) is 3.79. The number of nitrogen functional groups attached to an aromatic ring is 1. The van der Waals surface area contributed by atoms with Crippen LogP contribution in [0.3, 0.4) is 0 Å². The third kappa shape index (κ3) is 2.21. The lowest BCUT2D eigenvalue weighted by Crippen LogP contribution is -2.42. The van der Waals surface area contributed by atoms with Crippen LogP contribution in [0, 0.1) is 18.8 Å². The van der Waals surface area contributed by atoms with Crippen molar-refractivity contribution in [1.29, 1.82) is 0 Å². The summed E-state index contributed by atoms with van der Waals surface area (Å²) in [5.41, 5.74) is 9.55. The van der Waals surface area contributed by atoms with Crippen molar-refractivity contribution in [2.24, 2.45) is 11.8 Å². The van der Waals surface area contributed by atoms with E-state index in [9.17, 15) is 0 Å². The monoisotopic (exact) mass is 244 g/mol. The van der Waals surface area contributed by atoms with Gasteiger partial charge in [-0.3, -0.25) is 0 Å². The zero-order valence-corrected chi connectivity index (χ0v) is 11.4. The number of benzene rings is 1. The van der Waals surface area contributed by atoms with E-state index in [0.717, 1.165) is 17.5 Å². The molecule has 18 heavy (non-hydrogen) atoms. The number of hydrogen-bond acceptors (Lipinski definition) is 2. The fraction of sp³-hybridized carbons (Fsp3) is 0.625. The average molecular weight is 244 g/mol. The van der Waals surface area contributed by atoms with Crippen LogP contribution in [0.1, 0.15) is 37.7 Å². The van der Waals surface area contributed by atoms with E-state index in [2.05, 4.69) is 24.0 Å². The summed E-state index contributed by atoms with van der Waals surface area (Å²) >= 11 is 0. The summed E-state index contributed by atoms with van der Waals surface area (Å²) in [6, 6.07) is 6.31. The maximum atomic E-state index is 5.94. The number of rotatable bonds is 1. The first-order valence-corrected chi connectivity index (χ1v) is 7.35. The number of piperidine rings is 1. The molecule has 1 aliphatic carbocycles. The van der Waals surface area contributed by atoms with E-state index >= 15 is 0 Å². The normalized spacial score (nSPS) is 27.9. The van der Waals surface area contributed by atoms with E-state index in [4.69, 9.17) is 5.73 Å². The molecular formula is C16H24N2. The first kappa shape index (κ1) is 11.9. The molecular weight excluding hydrogens is 220 g/mol. The van der Waals surface area contributed by atoms with Crippen LogP contribution < -0.4 is 10.6 Å². The van der Waals surface area contributed by atoms with Crippen LogP contribution in [0.25, 0.3) is 0 Å². The molecule has 0 spiro atoms. The Morgan fingerprint density at radius 1 is 1.11 bits per heavy atom. The Bertz CT molecular complexity index is 427. The van der Waals surface area contributed by atoms with Gasteiger partial charge in [0.15, 0.2) is 0 Å². The second kappa shape index (κ2) is 4.83. The Morgan fingerprint density at radius 2 is 1.89 bits per heavy atom. The second-order valence-electron chi connectivity index (χ2n) is 6.09. The lowest BCUT2D eigenvalue weighted by atomic mass is 9.75. The fourth-order valence-electron chi connectivity index (χ4n) is 3.79. The summed E-state index contributed by atoms with van der Waals surface area (Å²) in [5, 5.41) is 0. The lowest BCUT2D eigenvalue weighted by molar-refractivity contribution is 0.202. The van der Waals surface area contributed by atoms with Crippen molar-refractivity contribution in [3.05, 3.63) is 23.8 Å². The van der Waals surface area contributed by atoms with E-state index in [-0.39, 0.29) is 0 Å². The molecule has 0 aromatic heterocycles. The van der Waals surface area contributed by atoms with Crippen molar-refractivity contribution >= 4 is 11.4 Å².